The van der Waals surface area contributed by atoms with Crippen molar-refractivity contribution in [3.8, 4) is 0 Å². The number of H-pyrrole nitrogens is 1. The Kier molecular flexibility index (Phi) is 6.09. The van der Waals surface area contributed by atoms with E-state index in [9.17, 15) is 9.90 Å². The summed E-state index contributed by atoms with van der Waals surface area (Å²) < 4.78 is 0. The Morgan fingerprint density at radius 3 is 2.94 bits per heavy atom. The number of carbonyl (C=O) groups is 1. The van der Waals surface area contributed by atoms with E-state index in [-0.39, 0.29) is 12.0 Å². The molecule has 0 radical (unpaired) electrons. The lowest BCUT2D eigenvalue weighted by molar-refractivity contribution is 0.103. The van der Waals surface area contributed by atoms with Gasteiger partial charge >= 0.3 is 0 Å². The fourth-order valence-corrected chi connectivity index (χ4v) is 5.05. The number of anilines is 1. The molecule has 3 N–H and O–H groups in total. The van der Waals surface area contributed by atoms with Gasteiger partial charge in [0.15, 0.2) is 0 Å². The van der Waals surface area contributed by atoms with Crippen LogP contribution in [0.3, 0.4) is 0 Å². The van der Waals surface area contributed by atoms with Gasteiger partial charge in [0.2, 0.25) is 0 Å². The third-order valence-electron chi connectivity index (χ3n) is 6.01. The number of likely N-dealkylation sites (tertiary alicyclic amines) is 1. The smallest absolute Gasteiger partial charge is 0.266 e. The molecule has 1 fully saturated rings. The zero-order valence-electron chi connectivity index (χ0n) is 18.4. The number of thiophene rings is 1. The Morgan fingerprint density at radius 2 is 2.15 bits per heavy atom. The van der Waals surface area contributed by atoms with E-state index in [1.165, 1.54) is 11.3 Å². The highest BCUT2D eigenvalue weighted by Crippen LogP contribution is 2.26. The largest absolute Gasteiger partial charge is 0.392 e. The van der Waals surface area contributed by atoms with E-state index >= 15 is 0 Å². The molecule has 2 aromatic heterocycles. The molecule has 0 spiro atoms. The number of aliphatic hydroxyl groups excluding tert-OH is 1. The molecular formula is C26H26N4O2S. The molecular weight excluding hydrogens is 432 g/mol. The molecule has 33 heavy (non-hydrogen) atoms. The highest BCUT2D eigenvalue weighted by atomic mass is 32.1. The summed E-state index contributed by atoms with van der Waals surface area (Å²) in [5.41, 5.74) is 5.59. The Bertz CT molecular complexity index is 1320. The Hall–Kier alpha value is -3.26. The molecule has 1 saturated heterocycles. The van der Waals surface area contributed by atoms with Crippen LogP contribution in [0.15, 0.2) is 53.9 Å². The van der Waals surface area contributed by atoms with Crippen molar-refractivity contribution in [1.82, 2.24) is 15.1 Å². The summed E-state index contributed by atoms with van der Waals surface area (Å²) in [4.78, 5) is 15.9. The van der Waals surface area contributed by atoms with Crippen LogP contribution in [0, 0.1) is 6.92 Å². The van der Waals surface area contributed by atoms with E-state index in [1.807, 2.05) is 66.9 Å². The monoisotopic (exact) mass is 458 g/mol. The third-order valence-corrected chi connectivity index (χ3v) is 7.02. The SMILES string of the molecule is Cc1ccsc1C(=O)Nc1cc(CN2CCC(O)C2)ccc1C=Cc1n[nH]c2ccccc12. The second-order valence-corrected chi connectivity index (χ2v) is 9.39. The number of rotatable bonds is 6. The van der Waals surface area contributed by atoms with Gasteiger partial charge in [-0.05, 0) is 59.7 Å². The highest BCUT2D eigenvalue weighted by molar-refractivity contribution is 7.12. The second-order valence-electron chi connectivity index (χ2n) is 8.47. The molecule has 6 nitrogen and oxygen atoms in total. The van der Waals surface area contributed by atoms with Crippen molar-refractivity contribution in [1.29, 1.82) is 0 Å². The maximum Gasteiger partial charge on any atom is 0.266 e. The summed E-state index contributed by atoms with van der Waals surface area (Å²) in [5, 5.41) is 23.4. The lowest BCUT2D eigenvalue weighted by Gasteiger charge is -2.17. The molecule has 1 aliphatic heterocycles. The number of fused-ring (bicyclic) bond motifs is 1. The minimum atomic E-state index is -0.253. The number of nitrogens with zero attached hydrogens (tertiary/aromatic N) is 2. The van der Waals surface area contributed by atoms with E-state index in [2.05, 4.69) is 26.5 Å². The van der Waals surface area contributed by atoms with Crippen LogP contribution in [0.1, 0.15) is 38.5 Å². The van der Waals surface area contributed by atoms with Gasteiger partial charge in [-0.1, -0.05) is 36.4 Å². The number of β-amino-alcohol motifs (C(OH)–C–C–N with tert-alkyl or cyclic N) is 1. The Labute approximate surface area is 196 Å². The van der Waals surface area contributed by atoms with Crippen molar-refractivity contribution in [3.63, 3.8) is 0 Å². The van der Waals surface area contributed by atoms with Crippen LogP contribution in [0.2, 0.25) is 0 Å². The lowest BCUT2D eigenvalue weighted by atomic mass is 10.1. The zero-order valence-corrected chi connectivity index (χ0v) is 19.2. The number of aliphatic hydroxyl groups is 1. The summed E-state index contributed by atoms with van der Waals surface area (Å²) in [6, 6.07) is 16.1. The first kappa shape index (κ1) is 21.6. The molecule has 168 valence electrons. The van der Waals surface area contributed by atoms with Gasteiger partial charge in [-0.3, -0.25) is 14.8 Å². The first-order valence-corrected chi connectivity index (χ1v) is 11.9. The molecule has 1 amide bonds. The van der Waals surface area contributed by atoms with Crippen molar-refractivity contribution in [2.45, 2.75) is 26.0 Å². The number of hydrogen-bond donors (Lipinski definition) is 3. The number of aromatic amines is 1. The van der Waals surface area contributed by atoms with Crippen molar-refractivity contribution in [3.05, 3.63) is 81.2 Å². The average Bonchev–Trinajstić information content (AvgIpc) is 3.53. The van der Waals surface area contributed by atoms with Crippen molar-refractivity contribution in [2.24, 2.45) is 0 Å². The number of amides is 1. The fourth-order valence-electron chi connectivity index (χ4n) is 4.23. The van der Waals surface area contributed by atoms with E-state index in [0.717, 1.165) is 63.4 Å². The topological polar surface area (TPSA) is 81.2 Å². The number of hydrogen-bond acceptors (Lipinski definition) is 5. The second kappa shape index (κ2) is 9.31. The first-order chi connectivity index (χ1) is 16.1. The zero-order chi connectivity index (χ0) is 22.8. The van der Waals surface area contributed by atoms with Gasteiger partial charge in [-0.15, -0.1) is 11.3 Å². The summed E-state index contributed by atoms with van der Waals surface area (Å²) in [7, 11) is 0. The Balaban J connectivity index is 1.45. The summed E-state index contributed by atoms with van der Waals surface area (Å²) in [6.07, 6.45) is 4.51. The van der Waals surface area contributed by atoms with E-state index in [0.29, 0.717) is 6.54 Å². The molecule has 0 aliphatic carbocycles. The van der Waals surface area contributed by atoms with Crippen LogP contribution in [0.25, 0.3) is 23.1 Å². The molecule has 1 aliphatic rings. The molecule has 2 aromatic carbocycles. The average molecular weight is 459 g/mol. The minimum Gasteiger partial charge on any atom is -0.392 e. The minimum absolute atomic E-state index is 0.101. The van der Waals surface area contributed by atoms with Crippen molar-refractivity contribution >= 4 is 46.0 Å². The molecule has 0 bridgehead atoms. The quantitative estimate of drug-likeness (QED) is 0.383. The van der Waals surface area contributed by atoms with Crippen LogP contribution in [-0.4, -0.2) is 45.3 Å². The molecule has 5 rings (SSSR count). The molecule has 1 unspecified atom stereocenters. The maximum absolute atomic E-state index is 13.0. The van der Waals surface area contributed by atoms with E-state index < -0.39 is 0 Å². The van der Waals surface area contributed by atoms with Crippen LogP contribution in [0.4, 0.5) is 5.69 Å². The number of aromatic nitrogens is 2. The number of benzene rings is 2. The Morgan fingerprint density at radius 1 is 1.27 bits per heavy atom. The van der Waals surface area contributed by atoms with E-state index in [4.69, 9.17) is 0 Å². The summed E-state index contributed by atoms with van der Waals surface area (Å²) >= 11 is 1.45. The van der Waals surface area contributed by atoms with Crippen LogP contribution in [-0.2, 0) is 6.54 Å². The van der Waals surface area contributed by atoms with Gasteiger partial charge < -0.3 is 10.4 Å². The fraction of sp³-hybridized carbons (Fsp3) is 0.231. The van der Waals surface area contributed by atoms with Crippen molar-refractivity contribution in [2.75, 3.05) is 18.4 Å². The van der Waals surface area contributed by atoms with Crippen LogP contribution in [0.5, 0.6) is 0 Å². The number of nitrogens with one attached hydrogen (secondary N) is 2. The molecule has 4 aromatic rings. The lowest BCUT2D eigenvalue weighted by Crippen LogP contribution is -2.21. The molecule has 7 heteroatoms. The van der Waals surface area contributed by atoms with Gasteiger partial charge in [0.1, 0.15) is 0 Å². The number of carbonyl (C=O) groups excluding carboxylic acids is 1. The van der Waals surface area contributed by atoms with Gasteiger partial charge in [-0.2, -0.15) is 5.10 Å². The molecule has 0 saturated carbocycles. The van der Waals surface area contributed by atoms with Gasteiger partial charge in [0.25, 0.3) is 5.91 Å². The summed E-state index contributed by atoms with van der Waals surface area (Å²) in [5.74, 6) is -0.101. The van der Waals surface area contributed by atoms with Gasteiger partial charge in [0.05, 0.1) is 22.2 Å². The highest BCUT2D eigenvalue weighted by Gasteiger charge is 2.20. The summed E-state index contributed by atoms with van der Waals surface area (Å²) in [6.45, 7) is 4.26. The molecule has 1 atom stereocenters. The number of para-hydroxylation sites is 1. The number of aryl methyl sites for hydroxylation is 1. The predicted molar refractivity (Wildman–Crippen MR) is 134 cm³/mol. The molecule has 3 heterocycles. The maximum atomic E-state index is 13.0. The van der Waals surface area contributed by atoms with Crippen LogP contribution < -0.4 is 5.32 Å². The van der Waals surface area contributed by atoms with Gasteiger partial charge in [0, 0.05) is 30.7 Å². The van der Waals surface area contributed by atoms with E-state index in [1.54, 1.807) is 0 Å². The first-order valence-electron chi connectivity index (χ1n) is 11.1. The standard InChI is InChI=1S/C26H26N4O2S/c1-17-11-13-33-25(17)26(32)27-24-14-18(15-30-12-10-20(31)16-30)6-7-19(24)8-9-23-21-4-2-3-5-22(21)28-29-23/h2-9,11,13-14,20,31H,10,12,15-16H2,1H3,(H,27,32)(H,28,29). The normalized spacial score (nSPS) is 16.7. The van der Waals surface area contributed by atoms with Crippen LogP contribution >= 0.6 is 11.3 Å². The predicted octanol–water partition coefficient (Wildman–Crippen LogP) is 4.92. The van der Waals surface area contributed by atoms with Gasteiger partial charge in [-0.25, -0.2) is 0 Å². The van der Waals surface area contributed by atoms with Crippen molar-refractivity contribution < 1.29 is 9.90 Å². The third kappa shape index (κ3) is 4.75.